The van der Waals surface area contributed by atoms with E-state index in [1.54, 1.807) is 0 Å². The van der Waals surface area contributed by atoms with Crippen molar-refractivity contribution in [3.63, 3.8) is 0 Å². The summed E-state index contributed by atoms with van der Waals surface area (Å²) in [5.41, 5.74) is 5.13. The molecule has 0 aliphatic carbocycles. The molecule has 0 fully saturated rings. The predicted molar refractivity (Wildman–Crippen MR) is 90.5 cm³/mol. The number of fused-ring (bicyclic) bond motifs is 1. The van der Waals surface area contributed by atoms with Crippen LogP contribution in [-0.4, -0.2) is 13.6 Å². The average Bonchev–Trinajstić information content (AvgIpc) is 2.48. The van der Waals surface area contributed by atoms with Crippen molar-refractivity contribution in [3.8, 4) is 0 Å². The van der Waals surface area contributed by atoms with Crippen LogP contribution in [0.2, 0.25) is 5.02 Å². The first-order chi connectivity index (χ1) is 10.2. The van der Waals surface area contributed by atoms with Gasteiger partial charge < -0.3 is 10.2 Å². The third kappa shape index (κ3) is 2.78. The smallest absolute Gasteiger partial charge is 0.0471 e. The van der Waals surface area contributed by atoms with E-state index in [-0.39, 0.29) is 0 Å². The van der Waals surface area contributed by atoms with E-state index in [2.05, 4.69) is 47.5 Å². The Kier molecular flexibility index (Phi) is 4.18. The molecule has 0 spiro atoms. The van der Waals surface area contributed by atoms with Crippen LogP contribution in [0, 0.1) is 5.92 Å². The molecular formula is C18H21ClN2. The predicted octanol–water partition coefficient (Wildman–Crippen LogP) is 4.39. The number of nitrogens with zero attached hydrogens (tertiary/aromatic N) is 1. The Labute approximate surface area is 131 Å². The fourth-order valence-electron chi connectivity index (χ4n) is 3.18. The zero-order chi connectivity index (χ0) is 14.8. The van der Waals surface area contributed by atoms with Gasteiger partial charge in [0.1, 0.15) is 0 Å². The van der Waals surface area contributed by atoms with Gasteiger partial charge in [-0.3, -0.25) is 0 Å². The normalized spacial score (nSPS) is 17.7. The molecule has 0 radical (unpaired) electrons. The SMILES string of the molecule is CNCc1c(Cl)cccc1N1CC(C)Cc2ccccc21. The highest BCUT2D eigenvalue weighted by Gasteiger charge is 2.24. The van der Waals surface area contributed by atoms with Gasteiger partial charge in [0.15, 0.2) is 0 Å². The van der Waals surface area contributed by atoms with Crippen LogP contribution >= 0.6 is 11.6 Å². The van der Waals surface area contributed by atoms with E-state index < -0.39 is 0 Å². The molecule has 0 aromatic heterocycles. The van der Waals surface area contributed by atoms with Gasteiger partial charge in [0.25, 0.3) is 0 Å². The highest BCUT2D eigenvalue weighted by Crippen LogP contribution is 2.38. The Morgan fingerprint density at radius 3 is 2.71 bits per heavy atom. The van der Waals surface area contributed by atoms with Crippen LogP contribution in [0.4, 0.5) is 11.4 Å². The van der Waals surface area contributed by atoms with Crippen LogP contribution in [-0.2, 0) is 13.0 Å². The van der Waals surface area contributed by atoms with Crippen LogP contribution in [0.15, 0.2) is 42.5 Å². The Balaban J connectivity index is 2.11. The highest BCUT2D eigenvalue weighted by atomic mass is 35.5. The van der Waals surface area contributed by atoms with Gasteiger partial charge in [0.05, 0.1) is 0 Å². The number of benzene rings is 2. The van der Waals surface area contributed by atoms with Gasteiger partial charge in [-0.2, -0.15) is 0 Å². The molecule has 2 aromatic carbocycles. The molecule has 21 heavy (non-hydrogen) atoms. The first-order valence-electron chi connectivity index (χ1n) is 7.48. The Morgan fingerprint density at radius 2 is 1.90 bits per heavy atom. The molecule has 2 nitrogen and oxygen atoms in total. The first kappa shape index (κ1) is 14.4. The number of rotatable bonds is 3. The molecule has 0 amide bonds. The fraction of sp³-hybridized carbons (Fsp3) is 0.333. The Morgan fingerprint density at radius 1 is 1.14 bits per heavy atom. The highest BCUT2D eigenvalue weighted by molar-refractivity contribution is 6.31. The van der Waals surface area contributed by atoms with E-state index in [0.29, 0.717) is 5.92 Å². The van der Waals surface area contributed by atoms with Gasteiger partial charge in [0.2, 0.25) is 0 Å². The second-order valence-corrected chi connectivity index (χ2v) is 6.22. The minimum absolute atomic E-state index is 0.640. The number of hydrogen-bond donors (Lipinski definition) is 1. The third-order valence-electron chi connectivity index (χ3n) is 4.08. The topological polar surface area (TPSA) is 15.3 Å². The molecule has 1 aliphatic rings. The largest absolute Gasteiger partial charge is 0.341 e. The summed E-state index contributed by atoms with van der Waals surface area (Å²) in [6.45, 7) is 4.13. The molecule has 1 aliphatic heterocycles. The Bertz CT molecular complexity index is 639. The van der Waals surface area contributed by atoms with E-state index in [0.717, 1.165) is 24.5 Å². The van der Waals surface area contributed by atoms with Crippen LogP contribution in [0.5, 0.6) is 0 Å². The van der Waals surface area contributed by atoms with Gasteiger partial charge in [-0.25, -0.2) is 0 Å². The third-order valence-corrected chi connectivity index (χ3v) is 4.44. The number of nitrogens with one attached hydrogen (secondary N) is 1. The second kappa shape index (κ2) is 6.08. The number of hydrogen-bond acceptors (Lipinski definition) is 2. The van der Waals surface area contributed by atoms with Crippen LogP contribution in [0.25, 0.3) is 0 Å². The maximum absolute atomic E-state index is 6.42. The molecule has 1 heterocycles. The monoisotopic (exact) mass is 300 g/mol. The standard InChI is InChI=1S/C18H21ClN2/c1-13-10-14-6-3-4-8-17(14)21(12-13)18-9-5-7-16(19)15(18)11-20-2/h3-9,13,20H,10-12H2,1-2H3. The van der Waals surface area contributed by atoms with Gasteiger partial charge in [-0.1, -0.05) is 42.8 Å². The maximum Gasteiger partial charge on any atom is 0.0471 e. The minimum Gasteiger partial charge on any atom is -0.341 e. The fourth-order valence-corrected chi connectivity index (χ4v) is 3.41. The molecule has 1 N–H and O–H groups in total. The van der Waals surface area contributed by atoms with Crippen molar-refractivity contribution < 1.29 is 0 Å². The second-order valence-electron chi connectivity index (χ2n) is 5.82. The van der Waals surface area contributed by atoms with Crippen molar-refractivity contribution in [1.29, 1.82) is 0 Å². The van der Waals surface area contributed by atoms with Crippen LogP contribution in [0.1, 0.15) is 18.1 Å². The summed E-state index contributed by atoms with van der Waals surface area (Å²) in [4.78, 5) is 2.42. The summed E-state index contributed by atoms with van der Waals surface area (Å²) < 4.78 is 0. The van der Waals surface area contributed by atoms with Crippen LogP contribution in [0.3, 0.4) is 0 Å². The van der Waals surface area contributed by atoms with Gasteiger partial charge in [-0.15, -0.1) is 0 Å². The van der Waals surface area contributed by atoms with Crippen molar-refractivity contribution in [2.45, 2.75) is 19.9 Å². The minimum atomic E-state index is 0.640. The Hall–Kier alpha value is -1.51. The zero-order valence-corrected chi connectivity index (χ0v) is 13.3. The lowest BCUT2D eigenvalue weighted by molar-refractivity contribution is 0.561. The lowest BCUT2D eigenvalue weighted by atomic mass is 9.93. The summed E-state index contributed by atoms with van der Waals surface area (Å²) in [6, 6.07) is 14.9. The molecule has 0 saturated heterocycles. The number of para-hydroxylation sites is 1. The van der Waals surface area contributed by atoms with Crippen LogP contribution < -0.4 is 10.2 Å². The molecule has 0 saturated carbocycles. The van der Waals surface area contributed by atoms with Gasteiger partial charge in [0, 0.05) is 35.1 Å². The molecule has 3 rings (SSSR count). The molecule has 3 heteroatoms. The summed E-state index contributed by atoms with van der Waals surface area (Å²) in [6.07, 6.45) is 1.15. The van der Waals surface area contributed by atoms with Gasteiger partial charge in [-0.05, 0) is 43.1 Å². The van der Waals surface area contributed by atoms with Crippen molar-refractivity contribution >= 4 is 23.0 Å². The molecule has 1 atom stereocenters. The first-order valence-corrected chi connectivity index (χ1v) is 7.86. The van der Waals surface area contributed by atoms with E-state index >= 15 is 0 Å². The molecular weight excluding hydrogens is 280 g/mol. The molecule has 0 bridgehead atoms. The lowest BCUT2D eigenvalue weighted by Gasteiger charge is -2.36. The molecule has 1 unspecified atom stereocenters. The van der Waals surface area contributed by atoms with Crippen molar-refractivity contribution in [1.82, 2.24) is 5.32 Å². The zero-order valence-electron chi connectivity index (χ0n) is 12.6. The lowest BCUT2D eigenvalue weighted by Crippen LogP contribution is -2.31. The van der Waals surface area contributed by atoms with Crippen molar-refractivity contribution in [2.24, 2.45) is 5.92 Å². The average molecular weight is 301 g/mol. The van der Waals surface area contributed by atoms with Crippen molar-refractivity contribution in [3.05, 3.63) is 58.6 Å². The summed E-state index contributed by atoms with van der Waals surface area (Å²) >= 11 is 6.42. The molecule has 2 aromatic rings. The molecule has 110 valence electrons. The quantitative estimate of drug-likeness (QED) is 0.904. The summed E-state index contributed by atoms with van der Waals surface area (Å²) in [7, 11) is 1.96. The summed E-state index contributed by atoms with van der Waals surface area (Å²) in [5.74, 6) is 0.640. The summed E-state index contributed by atoms with van der Waals surface area (Å²) in [5, 5.41) is 4.06. The van der Waals surface area contributed by atoms with E-state index in [1.165, 1.54) is 22.5 Å². The number of anilines is 2. The number of halogens is 1. The van der Waals surface area contributed by atoms with Crippen molar-refractivity contribution in [2.75, 3.05) is 18.5 Å². The van der Waals surface area contributed by atoms with Gasteiger partial charge >= 0.3 is 0 Å². The van der Waals surface area contributed by atoms with E-state index in [1.807, 2.05) is 19.2 Å². The maximum atomic E-state index is 6.42. The van der Waals surface area contributed by atoms with E-state index in [9.17, 15) is 0 Å². The van der Waals surface area contributed by atoms with E-state index in [4.69, 9.17) is 11.6 Å².